The molecule has 18 heavy (non-hydrogen) atoms. The third-order valence-corrected chi connectivity index (χ3v) is 4.05. The second kappa shape index (κ2) is 9.83. The molecule has 2 atom stereocenters. The average Bonchev–Trinajstić information content (AvgIpc) is 3.08. The van der Waals surface area contributed by atoms with Gasteiger partial charge in [-0.15, -0.1) is 0 Å². The van der Waals surface area contributed by atoms with Gasteiger partial charge in [0.1, 0.15) is 0 Å². The van der Waals surface area contributed by atoms with Crippen molar-refractivity contribution in [2.45, 2.75) is 104 Å². The highest BCUT2D eigenvalue weighted by atomic mass is 16.6. The van der Waals surface area contributed by atoms with Gasteiger partial charge in [0.25, 0.3) is 0 Å². The topological polar surface area (TPSA) is 12.5 Å². The molecular weight excluding hydrogens is 220 g/mol. The number of ether oxygens (including phenoxy) is 1. The fraction of sp³-hybridized carbons (Fsp3) is 1.00. The van der Waals surface area contributed by atoms with Crippen LogP contribution in [0, 0.1) is 5.92 Å². The summed E-state index contributed by atoms with van der Waals surface area (Å²) in [6.45, 7) is 6.91. The van der Waals surface area contributed by atoms with Gasteiger partial charge in [0.2, 0.25) is 0 Å². The van der Waals surface area contributed by atoms with E-state index in [2.05, 4.69) is 20.8 Å². The zero-order chi connectivity index (χ0) is 13.2. The van der Waals surface area contributed by atoms with Gasteiger partial charge in [0.15, 0.2) is 0 Å². The van der Waals surface area contributed by atoms with Crippen LogP contribution in [0.4, 0.5) is 0 Å². The van der Waals surface area contributed by atoms with Crippen molar-refractivity contribution in [3.8, 4) is 0 Å². The number of hydrogen-bond acceptors (Lipinski definition) is 1. The molecule has 0 aromatic heterocycles. The van der Waals surface area contributed by atoms with E-state index in [1.54, 1.807) is 0 Å². The van der Waals surface area contributed by atoms with Crippen LogP contribution in [0.3, 0.4) is 0 Å². The van der Waals surface area contributed by atoms with E-state index < -0.39 is 0 Å². The smallest absolute Gasteiger partial charge is 0.0841 e. The van der Waals surface area contributed by atoms with Crippen molar-refractivity contribution < 1.29 is 4.74 Å². The van der Waals surface area contributed by atoms with E-state index in [-0.39, 0.29) is 0 Å². The van der Waals surface area contributed by atoms with Gasteiger partial charge in [-0.2, -0.15) is 0 Å². The van der Waals surface area contributed by atoms with Gasteiger partial charge < -0.3 is 4.74 Å². The Balaban J connectivity index is 1.80. The Morgan fingerprint density at radius 3 is 1.94 bits per heavy atom. The molecule has 0 bridgehead atoms. The highest BCUT2D eigenvalue weighted by Crippen LogP contribution is 2.31. The second-order valence-electron chi connectivity index (χ2n) is 6.45. The maximum Gasteiger partial charge on any atom is 0.0841 e. The molecule has 1 aliphatic rings. The largest absolute Gasteiger partial charge is 0.370 e. The summed E-state index contributed by atoms with van der Waals surface area (Å²) in [4.78, 5) is 0. The van der Waals surface area contributed by atoms with Gasteiger partial charge in [0.05, 0.1) is 12.2 Å². The maximum atomic E-state index is 5.75. The summed E-state index contributed by atoms with van der Waals surface area (Å²) in [5, 5.41) is 0. The Morgan fingerprint density at radius 2 is 1.33 bits per heavy atom. The first kappa shape index (κ1) is 16.0. The molecule has 1 saturated heterocycles. The Morgan fingerprint density at radius 1 is 0.778 bits per heavy atom. The van der Waals surface area contributed by atoms with Crippen molar-refractivity contribution in [2.75, 3.05) is 0 Å². The van der Waals surface area contributed by atoms with Gasteiger partial charge in [0, 0.05) is 0 Å². The SMILES string of the molecule is CCCCCCCCC1OC1CCCCC(C)C. The first-order valence-electron chi connectivity index (χ1n) is 8.39. The van der Waals surface area contributed by atoms with E-state index in [1.807, 2.05) is 0 Å². The summed E-state index contributed by atoms with van der Waals surface area (Å²) >= 11 is 0. The molecule has 0 saturated carbocycles. The number of hydrogen-bond donors (Lipinski definition) is 0. The third kappa shape index (κ3) is 8.13. The highest BCUT2D eigenvalue weighted by molar-refractivity contribution is 4.84. The van der Waals surface area contributed by atoms with Crippen molar-refractivity contribution in [1.29, 1.82) is 0 Å². The molecule has 0 radical (unpaired) electrons. The molecule has 0 spiro atoms. The van der Waals surface area contributed by atoms with Gasteiger partial charge in [-0.25, -0.2) is 0 Å². The van der Waals surface area contributed by atoms with E-state index in [0.29, 0.717) is 12.2 Å². The van der Waals surface area contributed by atoms with Crippen molar-refractivity contribution in [2.24, 2.45) is 5.92 Å². The first-order chi connectivity index (χ1) is 8.74. The van der Waals surface area contributed by atoms with Crippen molar-refractivity contribution in [3.05, 3.63) is 0 Å². The minimum Gasteiger partial charge on any atom is -0.370 e. The molecule has 1 nitrogen and oxygen atoms in total. The standard InChI is InChI=1S/C17H34O/c1-4-5-6-7-8-9-13-16-17(18-16)14-11-10-12-15(2)3/h15-17H,4-14H2,1-3H3. The van der Waals surface area contributed by atoms with Gasteiger partial charge in [-0.1, -0.05) is 78.6 Å². The third-order valence-electron chi connectivity index (χ3n) is 4.05. The quantitative estimate of drug-likeness (QED) is 0.320. The van der Waals surface area contributed by atoms with E-state index in [1.165, 1.54) is 70.6 Å². The molecule has 0 N–H and O–H groups in total. The molecule has 1 aliphatic heterocycles. The average molecular weight is 254 g/mol. The molecule has 0 aliphatic carbocycles. The van der Waals surface area contributed by atoms with Crippen LogP contribution in [0.1, 0.15) is 91.4 Å². The van der Waals surface area contributed by atoms with Gasteiger partial charge in [-0.05, 0) is 18.8 Å². The predicted molar refractivity (Wildman–Crippen MR) is 80.0 cm³/mol. The molecule has 0 amide bonds. The van der Waals surface area contributed by atoms with Crippen LogP contribution in [0.25, 0.3) is 0 Å². The van der Waals surface area contributed by atoms with Crippen LogP contribution in [0.15, 0.2) is 0 Å². The zero-order valence-electron chi connectivity index (χ0n) is 12.9. The lowest BCUT2D eigenvalue weighted by Crippen LogP contribution is -1.95. The summed E-state index contributed by atoms with van der Waals surface area (Å²) in [5.74, 6) is 0.865. The van der Waals surface area contributed by atoms with Crippen LogP contribution in [-0.4, -0.2) is 12.2 Å². The number of epoxide rings is 1. The second-order valence-corrected chi connectivity index (χ2v) is 6.45. The molecular formula is C17H34O. The summed E-state index contributed by atoms with van der Waals surface area (Å²) in [6, 6.07) is 0. The Labute approximate surface area is 115 Å². The van der Waals surface area contributed by atoms with E-state index in [4.69, 9.17) is 4.74 Å². The lowest BCUT2D eigenvalue weighted by molar-refractivity contribution is 0.346. The molecule has 108 valence electrons. The van der Waals surface area contributed by atoms with Crippen molar-refractivity contribution >= 4 is 0 Å². The number of rotatable bonds is 12. The summed E-state index contributed by atoms with van der Waals surface area (Å²) in [6.07, 6.45) is 16.5. The highest BCUT2D eigenvalue weighted by Gasteiger charge is 2.36. The Kier molecular flexibility index (Phi) is 8.75. The van der Waals surface area contributed by atoms with Gasteiger partial charge in [-0.3, -0.25) is 0 Å². The lowest BCUT2D eigenvalue weighted by Gasteiger charge is -2.02. The Hall–Kier alpha value is -0.0400. The molecule has 1 heteroatoms. The van der Waals surface area contributed by atoms with Crippen molar-refractivity contribution in [3.63, 3.8) is 0 Å². The molecule has 1 fully saturated rings. The predicted octanol–water partition coefficient (Wildman–Crippen LogP) is 5.72. The number of unbranched alkanes of at least 4 members (excludes halogenated alkanes) is 6. The zero-order valence-corrected chi connectivity index (χ0v) is 12.9. The summed E-state index contributed by atoms with van der Waals surface area (Å²) in [7, 11) is 0. The van der Waals surface area contributed by atoms with Crippen LogP contribution in [-0.2, 0) is 4.74 Å². The fourth-order valence-electron chi connectivity index (χ4n) is 2.71. The minimum atomic E-state index is 0.632. The van der Waals surface area contributed by atoms with Crippen LogP contribution in [0.5, 0.6) is 0 Å². The molecule has 1 heterocycles. The maximum absolute atomic E-state index is 5.75. The molecule has 2 unspecified atom stereocenters. The van der Waals surface area contributed by atoms with Crippen LogP contribution in [0.2, 0.25) is 0 Å². The molecule has 0 aromatic rings. The first-order valence-corrected chi connectivity index (χ1v) is 8.39. The summed E-state index contributed by atoms with van der Waals surface area (Å²) < 4.78 is 5.75. The van der Waals surface area contributed by atoms with E-state index in [9.17, 15) is 0 Å². The van der Waals surface area contributed by atoms with Crippen molar-refractivity contribution in [1.82, 2.24) is 0 Å². The van der Waals surface area contributed by atoms with E-state index in [0.717, 1.165) is 5.92 Å². The van der Waals surface area contributed by atoms with Gasteiger partial charge >= 0.3 is 0 Å². The van der Waals surface area contributed by atoms with Crippen LogP contribution >= 0.6 is 0 Å². The molecule has 1 rings (SSSR count). The Bertz CT molecular complexity index is 188. The fourth-order valence-corrected chi connectivity index (χ4v) is 2.71. The normalized spacial score (nSPS) is 22.7. The summed E-state index contributed by atoms with van der Waals surface area (Å²) in [5.41, 5.74) is 0. The monoisotopic (exact) mass is 254 g/mol. The van der Waals surface area contributed by atoms with Crippen LogP contribution < -0.4 is 0 Å². The van der Waals surface area contributed by atoms with E-state index >= 15 is 0 Å². The minimum absolute atomic E-state index is 0.632. The lowest BCUT2D eigenvalue weighted by atomic mass is 10.0. The molecule has 0 aromatic carbocycles.